The van der Waals surface area contributed by atoms with E-state index in [1.807, 2.05) is 47.5 Å². The molecule has 0 saturated carbocycles. The Hall–Kier alpha value is -3.51. The van der Waals surface area contributed by atoms with Crippen molar-refractivity contribution in [3.8, 4) is 0 Å². The highest BCUT2D eigenvalue weighted by molar-refractivity contribution is 6.30. The Morgan fingerprint density at radius 3 is 2.59 bits per heavy atom. The van der Waals surface area contributed by atoms with Gasteiger partial charge in [-0.1, -0.05) is 60.1 Å². The average molecular weight is 473 g/mol. The summed E-state index contributed by atoms with van der Waals surface area (Å²) in [5.41, 5.74) is 4.43. The number of esters is 1. The van der Waals surface area contributed by atoms with Crippen LogP contribution in [-0.2, 0) is 4.74 Å². The van der Waals surface area contributed by atoms with Crippen LogP contribution in [0, 0.1) is 0 Å². The highest BCUT2D eigenvalue weighted by atomic mass is 35.5. The zero-order valence-electron chi connectivity index (χ0n) is 18.9. The number of rotatable bonds is 5. The summed E-state index contributed by atoms with van der Waals surface area (Å²) < 4.78 is 5.03. The third-order valence-electron chi connectivity index (χ3n) is 6.25. The Kier molecular flexibility index (Phi) is 6.41. The SMILES string of the molecule is COC(=O)c1cnc(C2=CCCCC2)nc1N1CC(c2ccccc2)C(c2ccc(Cl)cc2)=N1. The minimum absolute atomic E-state index is 0.000170. The number of hydrogen-bond donors (Lipinski definition) is 0. The van der Waals surface area contributed by atoms with Crippen molar-refractivity contribution in [3.63, 3.8) is 0 Å². The summed E-state index contributed by atoms with van der Waals surface area (Å²) in [5, 5.41) is 7.45. The predicted molar refractivity (Wildman–Crippen MR) is 134 cm³/mol. The van der Waals surface area contributed by atoms with Crippen LogP contribution in [0.4, 0.5) is 5.82 Å². The van der Waals surface area contributed by atoms with Crippen molar-refractivity contribution < 1.29 is 9.53 Å². The molecule has 0 radical (unpaired) electrons. The third-order valence-corrected chi connectivity index (χ3v) is 6.50. The zero-order chi connectivity index (χ0) is 23.5. The summed E-state index contributed by atoms with van der Waals surface area (Å²) >= 11 is 6.14. The summed E-state index contributed by atoms with van der Waals surface area (Å²) in [6.07, 6.45) is 8.00. The number of ether oxygens (including phenoxy) is 1. The molecule has 6 nitrogen and oxygen atoms in total. The minimum atomic E-state index is -0.481. The van der Waals surface area contributed by atoms with Gasteiger partial charge in [-0.05, 0) is 54.5 Å². The van der Waals surface area contributed by atoms with Crippen molar-refractivity contribution in [2.24, 2.45) is 5.10 Å². The van der Waals surface area contributed by atoms with E-state index in [-0.39, 0.29) is 5.92 Å². The monoisotopic (exact) mass is 472 g/mol. The van der Waals surface area contributed by atoms with Crippen molar-refractivity contribution in [3.05, 3.63) is 94.4 Å². The number of anilines is 1. The lowest BCUT2D eigenvalue weighted by atomic mass is 9.90. The largest absolute Gasteiger partial charge is 0.465 e. The van der Waals surface area contributed by atoms with Crippen LogP contribution < -0.4 is 5.01 Å². The number of hydrazone groups is 1. The number of carbonyl (C=O) groups excluding carboxylic acids is 1. The number of nitrogens with zero attached hydrogens (tertiary/aromatic N) is 4. The maximum atomic E-state index is 12.6. The van der Waals surface area contributed by atoms with Gasteiger partial charge in [-0.2, -0.15) is 5.10 Å². The fourth-order valence-corrected chi connectivity index (χ4v) is 4.61. The van der Waals surface area contributed by atoms with E-state index in [1.165, 1.54) is 13.5 Å². The van der Waals surface area contributed by atoms with Gasteiger partial charge in [0.15, 0.2) is 11.6 Å². The van der Waals surface area contributed by atoms with Gasteiger partial charge in [-0.25, -0.2) is 19.8 Å². The molecule has 2 heterocycles. The van der Waals surface area contributed by atoms with Gasteiger partial charge in [0, 0.05) is 17.1 Å². The molecule has 1 aliphatic carbocycles. The topological polar surface area (TPSA) is 67.7 Å². The van der Waals surface area contributed by atoms with Crippen molar-refractivity contribution in [2.75, 3.05) is 18.7 Å². The van der Waals surface area contributed by atoms with Crippen LogP contribution >= 0.6 is 11.6 Å². The van der Waals surface area contributed by atoms with E-state index in [0.29, 0.717) is 28.8 Å². The summed E-state index contributed by atoms with van der Waals surface area (Å²) in [6.45, 7) is 0.543. The smallest absolute Gasteiger partial charge is 0.343 e. The molecule has 7 heteroatoms. The van der Waals surface area contributed by atoms with Gasteiger partial charge in [-0.3, -0.25) is 0 Å². The first-order valence-corrected chi connectivity index (χ1v) is 11.8. The molecule has 5 rings (SSSR count). The van der Waals surface area contributed by atoms with Gasteiger partial charge in [0.25, 0.3) is 0 Å². The fraction of sp³-hybridized carbons (Fsp3) is 0.259. The van der Waals surface area contributed by atoms with E-state index in [0.717, 1.165) is 41.7 Å². The van der Waals surface area contributed by atoms with Crippen LogP contribution in [0.3, 0.4) is 0 Å². The summed E-state index contributed by atoms with van der Waals surface area (Å²) in [7, 11) is 1.36. The van der Waals surface area contributed by atoms with E-state index in [1.54, 1.807) is 6.20 Å². The van der Waals surface area contributed by atoms with Crippen molar-refractivity contribution in [1.82, 2.24) is 9.97 Å². The van der Waals surface area contributed by atoms with Crippen LogP contribution in [0.2, 0.25) is 5.02 Å². The Morgan fingerprint density at radius 1 is 1.09 bits per heavy atom. The van der Waals surface area contributed by atoms with Crippen molar-refractivity contribution in [1.29, 1.82) is 0 Å². The second-order valence-corrected chi connectivity index (χ2v) is 8.87. The van der Waals surface area contributed by atoms with Crippen LogP contribution in [0.1, 0.15) is 58.9 Å². The van der Waals surface area contributed by atoms with E-state index in [9.17, 15) is 4.79 Å². The number of benzene rings is 2. The summed E-state index contributed by atoms with van der Waals surface area (Å²) in [6, 6.07) is 17.9. The standard InChI is InChI=1S/C27H25ClN4O2/c1-34-27(33)22-16-29-25(20-10-6-3-7-11-20)30-26(22)32-17-23(18-8-4-2-5-9-18)24(31-32)19-12-14-21(28)15-13-19/h2,4-5,8-10,12-16,23H,3,6-7,11,17H2,1H3. The molecule has 1 unspecified atom stereocenters. The molecule has 0 N–H and O–H groups in total. The molecule has 0 amide bonds. The van der Waals surface area contributed by atoms with E-state index in [4.69, 9.17) is 26.4 Å². The van der Waals surface area contributed by atoms with E-state index < -0.39 is 5.97 Å². The van der Waals surface area contributed by atoms with Crippen LogP contribution in [0.5, 0.6) is 0 Å². The third kappa shape index (κ3) is 4.46. The molecule has 0 saturated heterocycles. The van der Waals surface area contributed by atoms with Gasteiger partial charge in [0.2, 0.25) is 0 Å². The second kappa shape index (κ2) is 9.77. The van der Waals surface area contributed by atoms with E-state index >= 15 is 0 Å². The van der Waals surface area contributed by atoms with E-state index in [2.05, 4.69) is 23.2 Å². The molecule has 34 heavy (non-hydrogen) atoms. The van der Waals surface area contributed by atoms with Gasteiger partial charge >= 0.3 is 5.97 Å². The van der Waals surface area contributed by atoms with Gasteiger partial charge in [-0.15, -0.1) is 0 Å². The summed E-state index contributed by atoms with van der Waals surface area (Å²) in [4.78, 5) is 21.9. The lowest BCUT2D eigenvalue weighted by Gasteiger charge is -2.19. The molecule has 0 fully saturated rings. The fourth-order valence-electron chi connectivity index (χ4n) is 4.48. The molecule has 0 bridgehead atoms. The summed E-state index contributed by atoms with van der Waals surface area (Å²) in [5.74, 6) is 0.632. The number of allylic oxidation sites excluding steroid dienone is 2. The number of halogens is 1. The van der Waals surface area contributed by atoms with Gasteiger partial charge in [0.05, 0.1) is 19.4 Å². The number of carbonyl (C=O) groups is 1. The first-order valence-electron chi connectivity index (χ1n) is 11.5. The maximum Gasteiger partial charge on any atom is 0.343 e. The molecule has 2 aromatic carbocycles. The van der Waals surface area contributed by atoms with Crippen molar-refractivity contribution >= 4 is 34.7 Å². The Bertz CT molecular complexity index is 1260. The van der Waals surface area contributed by atoms with Crippen molar-refractivity contribution in [2.45, 2.75) is 31.6 Å². The highest BCUT2D eigenvalue weighted by Gasteiger charge is 2.33. The molecule has 1 atom stereocenters. The van der Waals surface area contributed by atoms with Crippen LogP contribution in [-0.4, -0.2) is 35.3 Å². The molecule has 3 aromatic rings. The first-order chi connectivity index (χ1) is 16.6. The molecule has 172 valence electrons. The molecule has 2 aliphatic rings. The molecule has 1 aromatic heterocycles. The van der Waals surface area contributed by atoms with Gasteiger partial charge in [0.1, 0.15) is 5.56 Å². The normalized spacial score (nSPS) is 17.8. The maximum absolute atomic E-state index is 12.6. The zero-order valence-corrected chi connectivity index (χ0v) is 19.7. The quantitative estimate of drug-likeness (QED) is 0.433. The van der Waals surface area contributed by atoms with Gasteiger partial charge < -0.3 is 4.74 Å². The Morgan fingerprint density at radius 2 is 1.88 bits per heavy atom. The van der Waals surface area contributed by atoms with Crippen LogP contribution in [0.15, 0.2) is 72.0 Å². The molecular formula is C27H25ClN4O2. The lowest BCUT2D eigenvalue weighted by Crippen LogP contribution is -2.22. The average Bonchev–Trinajstić information content (AvgIpc) is 3.35. The second-order valence-electron chi connectivity index (χ2n) is 8.44. The first kappa shape index (κ1) is 22.3. The minimum Gasteiger partial charge on any atom is -0.465 e. The van der Waals surface area contributed by atoms with Crippen LogP contribution in [0.25, 0.3) is 5.57 Å². The molecular weight excluding hydrogens is 448 g/mol. The number of aromatic nitrogens is 2. The lowest BCUT2D eigenvalue weighted by molar-refractivity contribution is 0.0600. The number of methoxy groups -OCH3 is 1. The molecule has 1 aliphatic heterocycles. The molecule has 0 spiro atoms. The predicted octanol–water partition coefficient (Wildman–Crippen LogP) is 5.88. The number of hydrogen-bond acceptors (Lipinski definition) is 6. The Balaban J connectivity index is 1.61. The highest BCUT2D eigenvalue weighted by Crippen LogP contribution is 2.34. The Labute approximate surface area is 204 Å².